The normalized spacial score (nSPS) is 12.0. The van der Waals surface area contributed by atoms with E-state index in [-0.39, 0.29) is 29.8 Å². The Morgan fingerprint density at radius 1 is 0.795 bits per heavy atom. The summed E-state index contributed by atoms with van der Waals surface area (Å²) in [5, 5.41) is 2.98. The van der Waals surface area contributed by atoms with Crippen LogP contribution in [-0.4, -0.2) is 43.8 Å². The summed E-state index contributed by atoms with van der Waals surface area (Å²) in [5.74, 6) is -0.801. The highest BCUT2D eigenvalue weighted by Crippen LogP contribution is 2.28. The first kappa shape index (κ1) is 33.0. The maximum atomic E-state index is 14.5. The first-order valence-corrected chi connectivity index (χ1v) is 16.7. The van der Waals surface area contributed by atoms with Gasteiger partial charge >= 0.3 is 0 Å². The molecule has 4 aromatic rings. The van der Waals surface area contributed by atoms with Crippen LogP contribution in [0.15, 0.2) is 112 Å². The second kappa shape index (κ2) is 14.7. The number of rotatable bonds is 12. The molecule has 0 saturated carbocycles. The molecule has 7 nitrogen and oxygen atoms in total. The molecular weight excluding hydrogens is 638 g/mol. The molecule has 0 heterocycles. The monoisotopic (exact) mass is 675 g/mol. The van der Waals surface area contributed by atoms with Crippen molar-refractivity contribution in [3.8, 4) is 0 Å². The number of hydrogen-bond acceptors (Lipinski definition) is 4. The number of hydrogen-bond donors (Lipinski definition) is 1. The first-order valence-electron chi connectivity index (χ1n) is 14.5. The average Bonchev–Trinajstić information content (AvgIpc) is 2.99. The van der Waals surface area contributed by atoms with Gasteiger partial charge < -0.3 is 10.2 Å². The van der Waals surface area contributed by atoms with Crippen LogP contribution in [0.25, 0.3) is 0 Å². The molecule has 1 atom stereocenters. The molecule has 1 N–H and O–H groups in total. The van der Waals surface area contributed by atoms with E-state index in [0.717, 1.165) is 25.5 Å². The fraction of sp³-hybridized carbons (Fsp3) is 0.257. The minimum Gasteiger partial charge on any atom is -0.352 e. The van der Waals surface area contributed by atoms with Crippen LogP contribution in [0.2, 0.25) is 0 Å². The van der Waals surface area contributed by atoms with Gasteiger partial charge in [-0.2, -0.15) is 0 Å². The number of nitrogens with one attached hydrogen (secondary N) is 1. The van der Waals surface area contributed by atoms with Crippen LogP contribution in [-0.2, 0) is 32.6 Å². The summed E-state index contributed by atoms with van der Waals surface area (Å²) in [5.41, 5.74) is 3.71. The Bertz CT molecular complexity index is 1680. The van der Waals surface area contributed by atoms with Gasteiger partial charge in [-0.3, -0.25) is 13.9 Å². The fourth-order valence-corrected chi connectivity index (χ4v) is 6.66. The summed E-state index contributed by atoms with van der Waals surface area (Å²) in [6.45, 7) is 7.05. The van der Waals surface area contributed by atoms with Crippen LogP contribution in [0.4, 0.5) is 5.69 Å². The lowest BCUT2D eigenvalue weighted by atomic mass is 10.0. The zero-order valence-corrected chi connectivity index (χ0v) is 27.8. The van der Waals surface area contributed by atoms with Crippen LogP contribution in [0.5, 0.6) is 0 Å². The standard InChI is InChI=1S/C35H38BrN3O4S/c1-25(2)37-35(41)33(22-28-11-6-5-7-12-28)38(23-29-16-18-30(36)19-17-29)34(40)24-39(32-13-9-8-10-27(32)4)44(42,43)31-20-14-26(3)15-21-31/h5-21,25,33H,22-24H2,1-4H3,(H,37,41)/t33-/m1/s1. The van der Waals surface area contributed by atoms with E-state index in [9.17, 15) is 18.0 Å². The van der Waals surface area contributed by atoms with Gasteiger partial charge in [-0.1, -0.05) is 94.3 Å². The van der Waals surface area contributed by atoms with E-state index in [0.29, 0.717) is 11.3 Å². The minimum absolute atomic E-state index is 0.0806. The molecule has 4 aromatic carbocycles. The van der Waals surface area contributed by atoms with Crippen molar-refractivity contribution in [2.75, 3.05) is 10.8 Å². The maximum absolute atomic E-state index is 14.5. The van der Waals surface area contributed by atoms with Crippen molar-refractivity contribution < 1.29 is 18.0 Å². The zero-order chi connectivity index (χ0) is 31.9. The predicted molar refractivity (Wildman–Crippen MR) is 179 cm³/mol. The van der Waals surface area contributed by atoms with Gasteiger partial charge in [-0.25, -0.2) is 8.42 Å². The molecular formula is C35H38BrN3O4S. The molecule has 0 aliphatic rings. The number of sulfonamides is 1. The summed E-state index contributed by atoms with van der Waals surface area (Å²) in [6, 6.07) is 29.6. The Balaban J connectivity index is 1.81. The highest BCUT2D eigenvalue weighted by Gasteiger charge is 2.35. The molecule has 0 bridgehead atoms. The number of benzene rings is 4. The summed E-state index contributed by atoms with van der Waals surface area (Å²) >= 11 is 3.46. The number of anilines is 1. The molecule has 4 rings (SSSR count). The van der Waals surface area contributed by atoms with Gasteiger partial charge in [0.2, 0.25) is 11.8 Å². The molecule has 2 amide bonds. The quantitative estimate of drug-likeness (QED) is 0.188. The van der Waals surface area contributed by atoms with E-state index in [1.807, 2.05) is 94.4 Å². The van der Waals surface area contributed by atoms with Crippen LogP contribution in [0, 0.1) is 13.8 Å². The number of amides is 2. The fourth-order valence-electron chi connectivity index (χ4n) is 4.92. The number of aryl methyl sites for hydroxylation is 2. The molecule has 0 spiro atoms. The van der Waals surface area contributed by atoms with Crippen molar-refractivity contribution >= 4 is 43.5 Å². The SMILES string of the molecule is Cc1ccc(S(=O)(=O)N(CC(=O)N(Cc2ccc(Br)cc2)[C@H](Cc2ccccc2)C(=O)NC(C)C)c2ccccc2C)cc1. The number of nitrogens with zero attached hydrogens (tertiary/aromatic N) is 2. The Hall–Kier alpha value is -3.95. The molecule has 9 heteroatoms. The van der Waals surface area contributed by atoms with Crippen LogP contribution in [0.1, 0.15) is 36.1 Å². The van der Waals surface area contributed by atoms with Crippen LogP contribution < -0.4 is 9.62 Å². The first-order chi connectivity index (χ1) is 21.0. The van der Waals surface area contributed by atoms with E-state index >= 15 is 0 Å². The second-order valence-corrected chi connectivity index (χ2v) is 13.9. The molecule has 44 heavy (non-hydrogen) atoms. The Morgan fingerprint density at radius 2 is 1.41 bits per heavy atom. The lowest BCUT2D eigenvalue weighted by molar-refractivity contribution is -0.140. The Labute approximate surface area is 269 Å². The topological polar surface area (TPSA) is 86.8 Å². The molecule has 0 aliphatic carbocycles. The van der Waals surface area contributed by atoms with Gasteiger partial charge in [0.1, 0.15) is 12.6 Å². The maximum Gasteiger partial charge on any atom is 0.264 e. The number of para-hydroxylation sites is 1. The van der Waals surface area contributed by atoms with Gasteiger partial charge in [0.25, 0.3) is 10.0 Å². The highest BCUT2D eigenvalue weighted by atomic mass is 79.9. The third kappa shape index (κ3) is 8.36. The smallest absolute Gasteiger partial charge is 0.264 e. The summed E-state index contributed by atoms with van der Waals surface area (Å²) < 4.78 is 30.4. The molecule has 0 saturated heterocycles. The molecule has 0 radical (unpaired) electrons. The molecule has 0 unspecified atom stereocenters. The van der Waals surface area contributed by atoms with Crippen molar-refractivity contribution in [2.45, 2.75) is 57.6 Å². The van der Waals surface area contributed by atoms with Gasteiger partial charge in [-0.05, 0) is 74.7 Å². The van der Waals surface area contributed by atoms with E-state index in [1.54, 1.807) is 36.4 Å². The second-order valence-electron chi connectivity index (χ2n) is 11.1. The van der Waals surface area contributed by atoms with E-state index in [2.05, 4.69) is 21.2 Å². The zero-order valence-electron chi connectivity index (χ0n) is 25.4. The van der Waals surface area contributed by atoms with Crippen LogP contribution >= 0.6 is 15.9 Å². The average molecular weight is 677 g/mol. The van der Waals surface area contributed by atoms with Gasteiger partial charge in [0, 0.05) is 23.5 Å². The molecule has 0 aromatic heterocycles. The Kier molecular flexibility index (Phi) is 11.0. The molecule has 0 aliphatic heterocycles. The van der Waals surface area contributed by atoms with Crippen molar-refractivity contribution in [1.82, 2.24) is 10.2 Å². The van der Waals surface area contributed by atoms with Crippen molar-refractivity contribution in [2.24, 2.45) is 0 Å². The van der Waals surface area contributed by atoms with Crippen LogP contribution in [0.3, 0.4) is 0 Å². The minimum atomic E-state index is -4.15. The van der Waals surface area contributed by atoms with Gasteiger partial charge in [0.15, 0.2) is 0 Å². The summed E-state index contributed by atoms with van der Waals surface area (Å²) in [6.07, 6.45) is 0.261. The lowest BCUT2D eigenvalue weighted by Gasteiger charge is -2.34. The summed E-state index contributed by atoms with van der Waals surface area (Å²) in [4.78, 5) is 29.8. The van der Waals surface area contributed by atoms with E-state index in [4.69, 9.17) is 0 Å². The highest BCUT2D eigenvalue weighted by molar-refractivity contribution is 9.10. The molecule has 0 fully saturated rings. The number of carbonyl (C=O) groups is 2. The molecule has 230 valence electrons. The number of carbonyl (C=O) groups excluding carboxylic acids is 2. The van der Waals surface area contributed by atoms with E-state index < -0.39 is 28.5 Å². The summed E-state index contributed by atoms with van der Waals surface area (Å²) in [7, 11) is -4.15. The van der Waals surface area contributed by atoms with Gasteiger partial charge in [-0.15, -0.1) is 0 Å². The number of halogens is 1. The Morgan fingerprint density at radius 3 is 2.02 bits per heavy atom. The van der Waals surface area contributed by atoms with Crippen molar-refractivity contribution in [1.29, 1.82) is 0 Å². The van der Waals surface area contributed by atoms with Crippen molar-refractivity contribution in [3.05, 3.63) is 130 Å². The third-order valence-electron chi connectivity index (χ3n) is 7.24. The lowest BCUT2D eigenvalue weighted by Crippen LogP contribution is -2.54. The van der Waals surface area contributed by atoms with Crippen molar-refractivity contribution in [3.63, 3.8) is 0 Å². The van der Waals surface area contributed by atoms with Gasteiger partial charge in [0.05, 0.1) is 10.6 Å². The third-order valence-corrected chi connectivity index (χ3v) is 9.54. The largest absolute Gasteiger partial charge is 0.352 e. The predicted octanol–water partition coefficient (Wildman–Crippen LogP) is 6.43. The van der Waals surface area contributed by atoms with E-state index in [1.165, 1.54) is 4.90 Å².